The molecule has 99 valence electrons. The van der Waals surface area contributed by atoms with Gasteiger partial charge in [0.2, 0.25) is 5.91 Å². The van der Waals surface area contributed by atoms with Gasteiger partial charge in [-0.15, -0.1) is 22.9 Å². The van der Waals surface area contributed by atoms with Crippen LogP contribution >= 0.6 is 34.2 Å². The van der Waals surface area contributed by atoms with E-state index in [0.717, 1.165) is 16.8 Å². The van der Waals surface area contributed by atoms with Crippen LogP contribution < -0.4 is 0 Å². The van der Waals surface area contributed by atoms with E-state index in [9.17, 15) is 4.79 Å². The summed E-state index contributed by atoms with van der Waals surface area (Å²) in [5.74, 6) is 0.168. The molecule has 0 saturated carbocycles. The third-order valence-corrected chi connectivity index (χ3v) is 4.22. The smallest absolute Gasteiger partial charge is 0.235 e. The Kier molecular flexibility index (Phi) is 6.98. The van der Waals surface area contributed by atoms with Crippen molar-refractivity contribution < 1.29 is 37.5 Å². The minimum Gasteiger partial charge on any atom is -0.347 e. The number of amides is 1. The topological polar surface area (TPSA) is 20.3 Å². The van der Waals surface area contributed by atoms with Crippen molar-refractivity contribution >= 4 is 45.8 Å². The summed E-state index contributed by atoms with van der Waals surface area (Å²) in [5, 5.41) is 0.716. The van der Waals surface area contributed by atoms with Crippen molar-refractivity contribution in [2.24, 2.45) is 0 Å². The van der Waals surface area contributed by atoms with E-state index in [4.69, 9.17) is 11.6 Å². The molecule has 1 radical (unpaired) electrons. The predicted octanol–water partition coefficient (Wildman–Crippen LogP) is 3.85. The van der Waals surface area contributed by atoms with Crippen molar-refractivity contribution in [2.45, 2.75) is 24.2 Å². The van der Waals surface area contributed by atoms with Crippen LogP contribution in [0.3, 0.4) is 0 Å². The normalized spacial score (nSPS) is 18.9. The summed E-state index contributed by atoms with van der Waals surface area (Å²) >= 11 is 8.14. The minimum absolute atomic E-state index is 0. The van der Waals surface area contributed by atoms with Crippen LogP contribution in [0.1, 0.15) is 24.5 Å². The summed E-state index contributed by atoms with van der Waals surface area (Å²) in [6.45, 7) is 4.66. The largest absolute Gasteiger partial charge is 0.347 e. The Morgan fingerprint density at radius 1 is 1.53 bits per heavy atom. The van der Waals surface area contributed by atoms with Crippen LogP contribution in [0.4, 0.5) is 0 Å². The quantitative estimate of drug-likeness (QED) is 0.371. The molecule has 2 rings (SSSR count). The number of aryl methyl sites for hydroxylation is 1. The van der Waals surface area contributed by atoms with Gasteiger partial charge in [-0.1, -0.05) is 59.7 Å². The maximum absolute atomic E-state index is 12.1. The van der Waals surface area contributed by atoms with Crippen molar-refractivity contribution in [3.8, 4) is 0 Å². The molecule has 1 unspecified atom stereocenters. The SMILES string of the molecule is CCN1C(=O)C(I)C[C-]=C1c1ccc(Cl)cc1C.[Y]. The summed E-state index contributed by atoms with van der Waals surface area (Å²) in [4.78, 5) is 14.0. The fraction of sp³-hybridized carbons (Fsp3) is 0.357. The average Bonchev–Trinajstić information content (AvgIpc) is 2.33. The second kappa shape index (κ2) is 7.53. The second-order valence-corrected chi connectivity index (χ2v) is 6.18. The number of nitrogens with zero attached hydrogens (tertiary/aromatic N) is 1. The molecule has 5 heteroatoms. The van der Waals surface area contributed by atoms with Crippen LogP contribution in [0, 0.1) is 13.0 Å². The third kappa shape index (κ3) is 3.81. The maximum atomic E-state index is 12.1. The molecule has 1 aromatic carbocycles. The van der Waals surface area contributed by atoms with Gasteiger partial charge in [0.1, 0.15) is 0 Å². The maximum Gasteiger partial charge on any atom is 0.235 e. The number of hydrogen-bond donors (Lipinski definition) is 0. The molecule has 1 atom stereocenters. The standard InChI is InChI=1S/C14H14ClINO.Y/c1-3-17-13(7-6-12(16)14(17)18)11-5-4-10(15)8-9(11)2;/h4-5,8,12H,3,6H2,1-2H3;/q-1;. The molecule has 0 fully saturated rings. The molecule has 0 N–H and O–H groups in total. The fourth-order valence-electron chi connectivity index (χ4n) is 2.10. The van der Waals surface area contributed by atoms with E-state index in [-0.39, 0.29) is 42.5 Å². The van der Waals surface area contributed by atoms with Crippen LogP contribution in [-0.2, 0) is 37.5 Å². The summed E-state index contributed by atoms with van der Waals surface area (Å²) < 4.78 is -0.00101. The number of hydrogen-bond acceptors (Lipinski definition) is 1. The number of halogens is 2. The number of carbonyl (C=O) groups is 1. The van der Waals surface area contributed by atoms with Crippen LogP contribution in [0.5, 0.6) is 0 Å². The van der Waals surface area contributed by atoms with E-state index in [1.807, 2.05) is 32.0 Å². The molecule has 0 aliphatic carbocycles. The molecule has 1 aromatic rings. The number of carbonyl (C=O) groups excluding carboxylic acids is 1. The number of rotatable bonds is 2. The molecular weight excluding hydrogens is 449 g/mol. The number of allylic oxidation sites excluding steroid dienone is 1. The first-order valence-corrected chi connectivity index (χ1v) is 7.49. The van der Waals surface area contributed by atoms with E-state index in [1.165, 1.54) is 0 Å². The van der Waals surface area contributed by atoms with Crippen molar-refractivity contribution in [1.82, 2.24) is 4.90 Å². The van der Waals surface area contributed by atoms with Gasteiger partial charge in [-0.05, 0) is 6.92 Å². The summed E-state index contributed by atoms with van der Waals surface area (Å²) in [5.41, 5.74) is 3.01. The molecule has 0 aromatic heterocycles. The monoisotopic (exact) mass is 463 g/mol. The summed E-state index contributed by atoms with van der Waals surface area (Å²) in [6, 6.07) is 5.73. The van der Waals surface area contributed by atoms with Crippen molar-refractivity contribution in [3.63, 3.8) is 0 Å². The Bertz CT molecular complexity index is 518. The first-order valence-electron chi connectivity index (χ1n) is 5.87. The van der Waals surface area contributed by atoms with Gasteiger partial charge in [0.15, 0.2) is 0 Å². The van der Waals surface area contributed by atoms with Crippen LogP contribution in [0.2, 0.25) is 5.02 Å². The predicted molar refractivity (Wildman–Crippen MR) is 82.7 cm³/mol. The van der Waals surface area contributed by atoms with Crippen molar-refractivity contribution in [3.05, 3.63) is 40.4 Å². The average molecular weight is 464 g/mol. The molecule has 2 nitrogen and oxygen atoms in total. The number of alkyl halides is 1. The second-order valence-electron chi connectivity index (χ2n) is 4.24. The zero-order valence-electron chi connectivity index (χ0n) is 10.9. The Hall–Kier alpha value is 0.554. The van der Waals surface area contributed by atoms with Gasteiger partial charge in [0.05, 0.1) is 3.92 Å². The zero-order valence-corrected chi connectivity index (χ0v) is 16.7. The van der Waals surface area contributed by atoms with E-state index in [1.54, 1.807) is 4.90 Å². The molecule has 0 saturated heterocycles. The van der Waals surface area contributed by atoms with Crippen LogP contribution in [0.25, 0.3) is 5.70 Å². The molecule has 0 bridgehead atoms. The van der Waals surface area contributed by atoms with Crippen LogP contribution in [-0.4, -0.2) is 21.3 Å². The Labute approximate surface area is 158 Å². The van der Waals surface area contributed by atoms with Gasteiger partial charge in [0, 0.05) is 44.3 Å². The molecule has 1 aliphatic heterocycles. The van der Waals surface area contributed by atoms with E-state index < -0.39 is 0 Å². The van der Waals surface area contributed by atoms with Gasteiger partial charge in [-0.3, -0.25) is 4.79 Å². The van der Waals surface area contributed by atoms with Crippen molar-refractivity contribution in [1.29, 1.82) is 0 Å². The number of benzene rings is 1. The van der Waals surface area contributed by atoms with Gasteiger partial charge < -0.3 is 4.90 Å². The third-order valence-electron chi connectivity index (χ3n) is 3.01. The van der Waals surface area contributed by atoms with Gasteiger partial charge in [-0.2, -0.15) is 0 Å². The molecule has 1 aliphatic rings. The first-order chi connectivity index (χ1) is 8.54. The molecular formula is C14H14ClINOY-. The summed E-state index contributed by atoms with van der Waals surface area (Å²) in [6.07, 6.45) is 4.02. The van der Waals surface area contributed by atoms with Gasteiger partial charge >= 0.3 is 0 Å². The summed E-state index contributed by atoms with van der Waals surface area (Å²) in [7, 11) is 0. The minimum atomic E-state index is -0.00101. The van der Waals surface area contributed by atoms with Crippen LogP contribution in [0.15, 0.2) is 18.2 Å². The fourth-order valence-corrected chi connectivity index (χ4v) is 2.88. The van der Waals surface area contributed by atoms with E-state index >= 15 is 0 Å². The Morgan fingerprint density at radius 3 is 2.79 bits per heavy atom. The van der Waals surface area contributed by atoms with Gasteiger partial charge in [-0.25, -0.2) is 6.08 Å². The zero-order chi connectivity index (χ0) is 13.3. The molecule has 0 spiro atoms. The van der Waals surface area contributed by atoms with E-state index in [2.05, 4.69) is 28.7 Å². The first kappa shape index (κ1) is 17.6. The Balaban J connectivity index is 0.00000180. The molecule has 19 heavy (non-hydrogen) atoms. The Morgan fingerprint density at radius 2 is 2.21 bits per heavy atom. The molecule has 1 heterocycles. The van der Waals surface area contributed by atoms with E-state index in [0.29, 0.717) is 18.0 Å². The van der Waals surface area contributed by atoms with Crippen molar-refractivity contribution in [2.75, 3.05) is 6.54 Å². The van der Waals surface area contributed by atoms with Gasteiger partial charge in [0.25, 0.3) is 0 Å². The molecule has 1 amide bonds.